The predicted octanol–water partition coefficient (Wildman–Crippen LogP) is 2.68. The number of benzene rings is 2. The van der Waals surface area contributed by atoms with E-state index in [-0.39, 0.29) is 0 Å². The highest BCUT2D eigenvalue weighted by Crippen LogP contribution is 2.21. The minimum Gasteiger partial charge on any atom is -0.489 e. The fraction of sp³-hybridized carbons (Fsp3) is 0.261. The Labute approximate surface area is 182 Å². The molecule has 0 bridgehead atoms. The lowest BCUT2D eigenvalue weighted by Gasteiger charge is -2.15. The SMILES string of the molecule is O=C(Cn1c(=O)c(F)cn([C@@H]2CCCO2)c1=O)Nc1ccc(OCc2ccccc2)cc1. The molecule has 166 valence electrons. The lowest BCUT2D eigenvalue weighted by Crippen LogP contribution is -2.44. The minimum absolute atomic E-state index is 0.409. The van der Waals surface area contributed by atoms with E-state index in [0.717, 1.165) is 22.7 Å². The van der Waals surface area contributed by atoms with E-state index in [1.807, 2.05) is 30.3 Å². The van der Waals surface area contributed by atoms with E-state index in [2.05, 4.69) is 5.32 Å². The van der Waals surface area contributed by atoms with E-state index in [0.29, 0.717) is 35.6 Å². The zero-order valence-corrected chi connectivity index (χ0v) is 17.2. The highest BCUT2D eigenvalue weighted by molar-refractivity contribution is 5.90. The highest BCUT2D eigenvalue weighted by Gasteiger charge is 2.23. The van der Waals surface area contributed by atoms with Gasteiger partial charge in [0.2, 0.25) is 11.7 Å². The van der Waals surface area contributed by atoms with Crippen LogP contribution in [0.25, 0.3) is 0 Å². The van der Waals surface area contributed by atoms with Crippen molar-refractivity contribution < 1.29 is 18.7 Å². The second-order valence-corrected chi connectivity index (χ2v) is 7.37. The van der Waals surface area contributed by atoms with Gasteiger partial charge in [-0.1, -0.05) is 30.3 Å². The van der Waals surface area contributed by atoms with Crippen LogP contribution in [0.1, 0.15) is 24.6 Å². The molecule has 0 aliphatic carbocycles. The Morgan fingerprint density at radius 3 is 2.56 bits per heavy atom. The topological polar surface area (TPSA) is 91.6 Å². The van der Waals surface area contributed by atoms with E-state index in [1.165, 1.54) is 0 Å². The molecular formula is C23H22FN3O5. The zero-order valence-electron chi connectivity index (χ0n) is 17.2. The molecule has 0 radical (unpaired) electrons. The Kier molecular flexibility index (Phi) is 6.46. The molecule has 0 saturated carbocycles. The van der Waals surface area contributed by atoms with Crippen LogP contribution < -0.4 is 21.3 Å². The van der Waals surface area contributed by atoms with Crippen LogP contribution in [0.4, 0.5) is 10.1 Å². The van der Waals surface area contributed by atoms with Crippen molar-refractivity contribution in [2.45, 2.75) is 32.2 Å². The first-order valence-corrected chi connectivity index (χ1v) is 10.2. The Morgan fingerprint density at radius 2 is 1.88 bits per heavy atom. The van der Waals surface area contributed by atoms with Crippen LogP contribution in [0.3, 0.4) is 0 Å². The average Bonchev–Trinajstić information content (AvgIpc) is 3.34. The van der Waals surface area contributed by atoms with Gasteiger partial charge in [0.25, 0.3) is 5.56 Å². The molecule has 2 aromatic carbocycles. The summed E-state index contributed by atoms with van der Waals surface area (Å²) in [5, 5.41) is 2.60. The third-order valence-corrected chi connectivity index (χ3v) is 5.06. The number of carbonyl (C=O) groups is 1. The van der Waals surface area contributed by atoms with Crippen molar-refractivity contribution >= 4 is 11.6 Å². The first kappa shape index (κ1) is 21.5. The fourth-order valence-electron chi connectivity index (χ4n) is 3.43. The molecular weight excluding hydrogens is 417 g/mol. The van der Waals surface area contributed by atoms with E-state index in [9.17, 15) is 18.8 Å². The van der Waals surface area contributed by atoms with Crippen molar-refractivity contribution in [2.24, 2.45) is 0 Å². The van der Waals surface area contributed by atoms with E-state index >= 15 is 0 Å². The van der Waals surface area contributed by atoms with Gasteiger partial charge in [0, 0.05) is 12.3 Å². The molecule has 1 aliphatic rings. The summed E-state index contributed by atoms with van der Waals surface area (Å²) >= 11 is 0. The number of ether oxygens (including phenoxy) is 2. The highest BCUT2D eigenvalue weighted by atomic mass is 19.1. The number of hydrogen-bond donors (Lipinski definition) is 1. The van der Waals surface area contributed by atoms with Gasteiger partial charge in [-0.3, -0.25) is 14.2 Å². The first-order valence-electron chi connectivity index (χ1n) is 10.2. The van der Waals surface area contributed by atoms with Crippen molar-refractivity contribution in [1.29, 1.82) is 0 Å². The number of aromatic nitrogens is 2. The summed E-state index contributed by atoms with van der Waals surface area (Å²) in [4.78, 5) is 37.2. The van der Waals surface area contributed by atoms with Crippen molar-refractivity contribution in [3.8, 4) is 5.75 Å². The lowest BCUT2D eigenvalue weighted by atomic mass is 10.2. The summed E-state index contributed by atoms with van der Waals surface area (Å²) in [6.45, 7) is 0.240. The maximum Gasteiger partial charge on any atom is 0.333 e. The summed E-state index contributed by atoms with van der Waals surface area (Å²) in [5.41, 5.74) is -0.461. The molecule has 1 N–H and O–H groups in total. The monoisotopic (exact) mass is 439 g/mol. The van der Waals surface area contributed by atoms with Crippen molar-refractivity contribution in [3.63, 3.8) is 0 Å². The molecule has 2 heterocycles. The number of carbonyl (C=O) groups excluding carboxylic acids is 1. The summed E-state index contributed by atoms with van der Waals surface area (Å²) in [7, 11) is 0. The Morgan fingerprint density at radius 1 is 1.12 bits per heavy atom. The van der Waals surface area contributed by atoms with Gasteiger partial charge in [-0.15, -0.1) is 0 Å². The van der Waals surface area contributed by atoms with Gasteiger partial charge in [0.15, 0.2) is 0 Å². The van der Waals surface area contributed by atoms with Gasteiger partial charge < -0.3 is 14.8 Å². The predicted molar refractivity (Wildman–Crippen MR) is 115 cm³/mol. The third-order valence-electron chi connectivity index (χ3n) is 5.06. The van der Waals surface area contributed by atoms with Crippen LogP contribution >= 0.6 is 0 Å². The normalized spacial score (nSPS) is 15.5. The summed E-state index contributed by atoms with van der Waals surface area (Å²) < 4.78 is 26.8. The summed E-state index contributed by atoms with van der Waals surface area (Å²) in [6, 6.07) is 16.3. The minimum atomic E-state index is -1.15. The number of halogens is 1. The number of amides is 1. The van der Waals surface area contributed by atoms with Gasteiger partial charge in [0.1, 0.15) is 25.1 Å². The third kappa shape index (κ3) is 4.94. The molecule has 4 rings (SSSR count). The van der Waals surface area contributed by atoms with Crippen LogP contribution in [-0.4, -0.2) is 21.6 Å². The number of nitrogens with zero attached hydrogens (tertiary/aromatic N) is 2. The van der Waals surface area contributed by atoms with Gasteiger partial charge in [0.05, 0.1) is 6.20 Å². The van der Waals surface area contributed by atoms with Gasteiger partial charge in [-0.2, -0.15) is 4.39 Å². The van der Waals surface area contributed by atoms with Crippen molar-refractivity contribution in [1.82, 2.24) is 9.13 Å². The van der Waals surface area contributed by atoms with E-state index in [4.69, 9.17) is 9.47 Å². The molecule has 1 atom stereocenters. The second-order valence-electron chi connectivity index (χ2n) is 7.37. The molecule has 3 aromatic rings. The molecule has 9 heteroatoms. The van der Waals surface area contributed by atoms with Crippen LogP contribution in [0.15, 0.2) is 70.4 Å². The smallest absolute Gasteiger partial charge is 0.333 e. The van der Waals surface area contributed by atoms with Crippen LogP contribution in [0.5, 0.6) is 5.75 Å². The Bertz CT molecular complexity index is 1200. The van der Waals surface area contributed by atoms with Crippen LogP contribution in [0.2, 0.25) is 0 Å². The number of hydrogen-bond acceptors (Lipinski definition) is 5. The molecule has 8 nitrogen and oxygen atoms in total. The summed E-state index contributed by atoms with van der Waals surface area (Å²) in [6.07, 6.45) is 1.45. The van der Waals surface area contributed by atoms with E-state index < -0.39 is 35.7 Å². The van der Waals surface area contributed by atoms with Gasteiger partial charge in [-0.25, -0.2) is 9.36 Å². The largest absolute Gasteiger partial charge is 0.489 e. The molecule has 1 amide bonds. The maximum atomic E-state index is 14.1. The Balaban J connectivity index is 1.41. The molecule has 32 heavy (non-hydrogen) atoms. The molecule has 1 saturated heterocycles. The average molecular weight is 439 g/mol. The van der Waals surface area contributed by atoms with Crippen molar-refractivity contribution in [3.05, 3.63) is 93.0 Å². The van der Waals surface area contributed by atoms with Crippen LogP contribution in [0, 0.1) is 5.82 Å². The number of nitrogens with one attached hydrogen (secondary N) is 1. The number of anilines is 1. The summed E-state index contributed by atoms with van der Waals surface area (Å²) in [5.74, 6) is -1.13. The first-order chi connectivity index (χ1) is 15.5. The standard InChI is InChI=1S/C23H22FN3O5/c24-19-13-26(21-7-4-12-31-21)23(30)27(22(19)29)14-20(28)25-17-8-10-18(11-9-17)32-15-16-5-2-1-3-6-16/h1-3,5-6,8-11,13,21H,4,7,12,14-15H2,(H,25,28)/t21-/m0/s1. The molecule has 1 aromatic heterocycles. The molecule has 0 spiro atoms. The van der Waals surface area contributed by atoms with Crippen LogP contribution in [-0.2, 0) is 22.7 Å². The molecule has 0 unspecified atom stereocenters. The number of rotatable bonds is 7. The maximum absolute atomic E-state index is 14.1. The molecule has 1 fully saturated rings. The van der Waals surface area contributed by atoms with E-state index in [1.54, 1.807) is 24.3 Å². The Hall–Kier alpha value is -3.72. The zero-order chi connectivity index (χ0) is 22.5. The molecule has 1 aliphatic heterocycles. The fourth-order valence-corrected chi connectivity index (χ4v) is 3.43. The lowest BCUT2D eigenvalue weighted by molar-refractivity contribution is -0.116. The van der Waals surface area contributed by atoms with Gasteiger partial charge in [-0.05, 0) is 42.7 Å². The quantitative estimate of drug-likeness (QED) is 0.611. The van der Waals surface area contributed by atoms with Crippen molar-refractivity contribution in [2.75, 3.05) is 11.9 Å². The second kappa shape index (κ2) is 9.61. The van der Waals surface area contributed by atoms with Gasteiger partial charge >= 0.3 is 5.69 Å².